The molecule has 1 N–H and O–H groups in total. The van der Waals surface area contributed by atoms with E-state index < -0.39 is 24.5 Å². The number of ether oxygens (including phenoxy) is 1. The van der Waals surface area contributed by atoms with E-state index in [0.717, 1.165) is 4.62 Å². The molecule has 0 fully saturated rings. The molecule has 0 bridgehead atoms. The van der Waals surface area contributed by atoms with Crippen molar-refractivity contribution in [1.82, 2.24) is 0 Å². The second kappa shape index (κ2) is 14.6. The molecule has 0 heterocycles. The average molecular weight is 431 g/mol. The van der Waals surface area contributed by atoms with E-state index in [0.29, 0.717) is 6.61 Å². The molecule has 0 aromatic heterocycles. The van der Waals surface area contributed by atoms with E-state index in [1.807, 2.05) is 13.8 Å². The molecular formula is C20H40O2Sn. The quantitative estimate of drug-likeness (QED) is 0.240. The third-order valence-corrected chi connectivity index (χ3v) is 19.1. The maximum atomic E-state index is 9.72. The summed E-state index contributed by atoms with van der Waals surface area (Å²) in [7, 11) is 0. The second-order valence-electron chi connectivity index (χ2n) is 7.31. The van der Waals surface area contributed by atoms with Gasteiger partial charge >= 0.3 is 150 Å². The Kier molecular flexibility index (Phi) is 14.8. The van der Waals surface area contributed by atoms with Gasteiger partial charge in [-0.3, -0.25) is 0 Å². The summed E-state index contributed by atoms with van der Waals surface area (Å²) in [6.45, 7) is 11.4. The summed E-state index contributed by atoms with van der Waals surface area (Å²) >= 11 is -2.15. The molecule has 0 aromatic carbocycles. The molecular weight excluding hydrogens is 391 g/mol. The molecule has 3 heteroatoms. The van der Waals surface area contributed by atoms with Gasteiger partial charge in [0, 0.05) is 0 Å². The zero-order chi connectivity index (χ0) is 17.6. The minimum atomic E-state index is -2.15. The van der Waals surface area contributed by atoms with E-state index in [1.54, 1.807) is 0 Å². The molecule has 2 nitrogen and oxygen atoms in total. The van der Waals surface area contributed by atoms with Gasteiger partial charge in [-0.05, 0) is 0 Å². The number of unbranched alkanes of at least 4 members (excludes halogenated alkanes) is 3. The molecule has 136 valence electrons. The molecule has 0 saturated carbocycles. The summed E-state index contributed by atoms with van der Waals surface area (Å²) in [5.41, 5.74) is 0. The van der Waals surface area contributed by atoms with Crippen molar-refractivity contribution in [2.24, 2.45) is 5.92 Å². The number of aliphatic hydroxyl groups is 1. The maximum absolute atomic E-state index is 9.72. The fourth-order valence-corrected chi connectivity index (χ4v) is 17.2. The SMILES string of the molecule is CCC[CH2][Sn]([CH2]CCC)([CH2]CCC)[CH2]OCC#CC(O)C(C)C. The monoisotopic (exact) mass is 432 g/mol. The van der Waals surface area contributed by atoms with Gasteiger partial charge in [0.1, 0.15) is 0 Å². The average Bonchev–Trinajstić information content (AvgIpc) is 2.55. The van der Waals surface area contributed by atoms with E-state index in [-0.39, 0.29) is 5.92 Å². The molecule has 0 rings (SSSR count). The summed E-state index contributed by atoms with van der Waals surface area (Å²) in [4.78, 5) is 0. The molecule has 0 aromatic rings. The molecule has 0 saturated heterocycles. The van der Waals surface area contributed by atoms with Crippen LogP contribution >= 0.6 is 0 Å². The van der Waals surface area contributed by atoms with Crippen molar-refractivity contribution in [3.05, 3.63) is 0 Å². The van der Waals surface area contributed by atoms with Crippen LogP contribution < -0.4 is 0 Å². The van der Waals surface area contributed by atoms with Crippen LogP contribution in [0.25, 0.3) is 0 Å². The Morgan fingerprint density at radius 1 is 0.913 bits per heavy atom. The van der Waals surface area contributed by atoms with Crippen LogP contribution in [0.3, 0.4) is 0 Å². The van der Waals surface area contributed by atoms with Crippen LogP contribution in [0.1, 0.15) is 73.1 Å². The summed E-state index contributed by atoms with van der Waals surface area (Å²) < 4.78 is 11.5. The normalized spacial score (nSPS) is 13.0. The van der Waals surface area contributed by atoms with Crippen LogP contribution in [-0.4, -0.2) is 40.8 Å². The van der Waals surface area contributed by atoms with Crippen LogP contribution in [0.5, 0.6) is 0 Å². The van der Waals surface area contributed by atoms with Gasteiger partial charge < -0.3 is 0 Å². The van der Waals surface area contributed by atoms with Gasteiger partial charge in [-0.1, -0.05) is 0 Å². The first-order valence-electron chi connectivity index (χ1n) is 9.75. The fraction of sp³-hybridized carbons (Fsp3) is 0.900. The van der Waals surface area contributed by atoms with Crippen molar-refractivity contribution in [3.8, 4) is 11.8 Å². The Morgan fingerprint density at radius 2 is 1.39 bits per heavy atom. The van der Waals surface area contributed by atoms with Gasteiger partial charge in [0.2, 0.25) is 0 Å². The molecule has 1 atom stereocenters. The fourth-order valence-electron chi connectivity index (χ4n) is 2.88. The topological polar surface area (TPSA) is 29.5 Å². The van der Waals surface area contributed by atoms with Crippen molar-refractivity contribution in [3.63, 3.8) is 0 Å². The van der Waals surface area contributed by atoms with Gasteiger partial charge in [-0.25, -0.2) is 0 Å². The Balaban J connectivity index is 4.57. The third kappa shape index (κ3) is 11.5. The molecule has 1 unspecified atom stereocenters. The molecule has 0 radical (unpaired) electrons. The van der Waals surface area contributed by atoms with Crippen LogP contribution in [0.15, 0.2) is 0 Å². The molecule has 23 heavy (non-hydrogen) atoms. The van der Waals surface area contributed by atoms with Crippen LogP contribution in [-0.2, 0) is 4.74 Å². The Labute approximate surface area is 149 Å². The van der Waals surface area contributed by atoms with Gasteiger partial charge in [-0.15, -0.1) is 0 Å². The standard InChI is InChI=1S/C8H13O2.3C4H9.Sn/c1-7(2)8(9)5-4-6-10-3;3*1-3-4-2;/h7-9H,3,6H2,1-2H3;3*1,3-4H2,2H3;. The minimum absolute atomic E-state index is 0.194. The number of aliphatic hydroxyl groups excluding tert-OH is 1. The number of hydrogen-bond acceptors (Lipinski definition) is 2. The predicted molar refractivity (Wildman–Crippen MR) is 104 cm³/mol. The third-order valence-electron chi connectivity index (χ3n) is 4.65. The van der Waals surface area contributed by atoms with E-state index in [9.17, 15) is 5.11 Å². The van der Waals surface area contributed by atoms with Gasteiger partial charge in [-0.2, -0.15) is 0 Å². The summed E-state index contributed by atoms with van der Waals surface area (Å²) in [5.74, 6) is 6.11. The van der Waals surface area contributed by atoms with Crippen LogP contribution in [0, 0.1) is 17.8 Å². The first-order chi connectivity index (χ1) is 11.0. The molecule has 0 aliphatic carbocycles. The zero-order valence-electron chi connectivity index (χ0n) is 16.3. The Morgan fingerprint density at radius 3 is 1.78 bits per heavy atom. The first-order valence-corrected chi connectivity index (χ1v) is 17.8. The summed E-state index contributed by atoms with van der Waals surface area (Å²) in [6.07, 6.45) is 7.53. The first kappa shape index (κ1) is 23.3. The number of rotatable bonds is 13. The molecule has 0 aliphatic rings. The van der Waals surface area contributed by atoms with E-state index in [4.69, 9.17) is 4.74 Å². The van der Waals surface area contributed by atoms with Gasteiger partial charge in [0.15, 0.2) is 0 Å². The second-order valence-corrected chi connectivity index (χ2v) is 21.0. The number of hydrogen-bond donors (Lipinski definition) is 1. The van der Waals surface area contributed by atoms with Gasteiger partial charge in [0.25, 0.3) is 0 Å². The molecule has 0 spiro atoms. The Bertz CT molecular complexity index is 308. The van der Waals surface area contributed by atoms with Crippen molar-refractivity contribution < 1.29 is 9.84 Å². The summed E-state index contributed by atoms with van der Waals surface area (Å²) in [5, 5.41) is 9.72. The van der Waals surface area contributed by atoms with Crippen molar-refractivity contribution in [2.45, 2.75) is 92.6 Å². The zero-order valence-corrected chi connectivity index (χ0v) is 19.1. The van der Waals surface area contributed by atoms with Crippen molar-refractivity contribution in [2.75, 3.05) is 11.2 Å². The van der Waals surface area contributed by atoms with Crippen LogP contribution in [0.2, 0.25) is 13.3 Å². The van der Waals surface area contributed by atoms with E-state index >= 15 is 0 Å². The molecule has 0 amide bonds. The van der Waals surface area contributed by atoms with Crippen molar-refractivity contribution in [1.29, 1.82) is 0 Å². The van der Waals surface area contributed by atoms with E-state index in [2.05, 4.69) is 32.6 Å². The molecule has 0 aliphatic heterocycles. The summed E-state index contributed by atoms with van der Waals surface area (Å²) in [6, 6.07) is 0. The van der Waals surface area contributed by atoms with Crippen LogP contribution in [0.4, 0.5) is 0 Å². The van der Waals surface area contributed by atoms with E-state index in [1.165, 1.54) is 51.8 Å². The Hall–Kier alpha value is 0.279. The predicted octanol–water partition coefficient (Wildman–Crippen LogP) is 5.41. The van der Waals surface area contributed by atoms with Gasteiger partial charge in [0.05, 0.1) is 0 Å². The van der Waals surface area contributed by atoms with Crippen molar-refractivity contribution >= 4 is 18.4 Å².